The number of carbonyl (C=O) groups excluding carboxylic acids is 3. The Balaban J connectivity index is 1.89. The lowest BCUT2D eigenvalue weighted by molar-refractivity contribution is -0.134. The number of carbonyl (C=O) groups is 3. The molecule has 1 heterocycles. The van der Waals surface area contributed by atoms with Crippen LogP contribution in [0.5, 0.6) is 0 Å². The van der Waals surface area contributed by atoms with E-state index in [4.69, 9.17) is 5.73 Å². The lowest BCUT2D eigenvalue weighted by Crippen LogP contribution is -2.55. The van der Waals surface area contributed by atoms with E-state index < -0.39 is 6.04 Å². The number of benzene rings is 1. The van der Waals surface area contributed by atoms with E-state index >= 15 is 0 Å². The molecule has 1 unspecified atom stereocenters. The number of nitrogens with two attached hydrogens (primary N) is 1. The van der Waals surface area contributed by atoms with Gasteiger partial charge in [-0.3, -0.25) is 19.3 Å². The molecule has 1 aromatic carbocycles. The average Bonchev–Trinajstić information content (AvgIpc) is 2.60. The smallest absolute Gasteiger partial charge is 0.251 e. The van der Waals surface area contributed by atoms with Crippen molar-refractivity contribution in [1.82, 2.24) is 15.1 Å². The van der Waals surface area contributed by atoms with Crippen molar-refractivity contribution < 1.29 is 14.4 Å². The summed E-state index contributed by atoms with van der Waals surface area (Å²) in [5.41, 5.74) is 6.91. The molecule has 0 aliphatic carbocycles. The second kappa shape index (κ2) is 8.52. The zero-order valence-electron chi connectivity index (χ0n) is 16.6. The molecule has 27 heavy (non-hydrogen) atoms. The largest absolute Gasteiger partial charge is 0.369 e. The Morgan fingerprint density at radius 2 is 1.63 bits per heavy atom. The summed E-state index contributed by atoms with van der Waals surface area (Å²) in [7, 11) is 0. The van der Waals surface area contributed by atoms with Gasteiger partial charge in [0.15, 0.2) is 0 Å². The number of rotatable bonds is 5. The van der Waals surface area contributed by atoms with Crippen molar-refractivity contribution in [2.45, 2.75) is 39.2 Å². The molecule has 0 aromatic heterocycles. The van der Waals surface area contributed by atoms with Crippen molar-refractivity contribution in [2.24, 2.45) is 5.73 Å². The summed E-state index contributed by atoms with van der Waals surface area (Å²) < 4.78 is 0. The number of piperazine rings is 1. The van der Waals surface area contributed by atoms with Gasteiger partial charge in [0.05, 0.1) is 6.54 Å². The second-order valence-electron chi connectivity index (χ2n) is 8.09. The van der Waals surface area contributed by atoms with E-state index in [1.54, 1.807) is 24.0 Å². The molecule has 1 aliphatic heterocycles. The molecular formula is C20H30N4O3. The summed E-state index contributed by atoms with van der Waals surface area (Å²) in [5, 5.41) is 2.78. The average molecular weight is 374 g/mol. The van der Waals surface area contributed by atoms with Gasteiger partial charge in [0, 0.05) is 31.7 Å². The third-order valence-corrected chi connectivity index (χ3v) is 4.79. The normalized spacial score (nSPS) is 16.7. The Kier molecular flexibility index (Phi) is 6.59. The maximum atomic E-state index is 12.6. The van der Waals surface area contributed by atoms with E-state index in [2.05, 4.69) is 26.1 Å². The molecule has 1 aliphatic rings. The zero-order chi connectivity index (χ0) is 20.2. The van der Waals surface area contributed by atoms with Gasteiger partial charge in [-0.25, -0.2) is 0 Å². The van der Waals surface area contributed by atoms with E-state index in [-0.39, 0.29) is 29.7 Å². The number of hydrogen-bond acceptors (Lipinski definition) is 4. The fourth-order valence-corrected chi connectivity index (χ4v) is 3.08. The van der Waals surface area contributed by atoms with Crippen LogP contribution in [0.2, 0.25) is 0 Å². The molecule has 2 rings (SSSR count). The van der Waals surface area contributed by atoms with Crippen LogP contribution in [-0.2, 0) is 15.0 Å². The van der Waals surface area contributed by atoms with Crippen LogP contribution in [0.15, 0.2) is 24.3 Å². The highest BCUT2D eigenvalue weighted by molar-refractivity contribution is 5.97. The van der Waals surface area contributed by atoms with Crippen molar-refractivity contribution in [1.29, 1.82) is 0 Å². The molecule has 1 atom stereocenters. The van der Waals surface area contributed by atoms with Gasteiger partial charge in [-0.05, 0) is 30.0 Å². The topological polar surface area (TPSA) is 95.7 Å². The van der Waals surface area contributed by atoms with Crippen LogP contribution < -0.4 is 11.1 Å². The third-order valence-electron chi connectivity index (χ3n) is 4.79. The first kappa shape index (κ1) is 20.9. The molecule has 7 nitrogen and oxygen atoms in total. The van der Waals surface area contributed by atoms with E-state index in [9.17, 15) is 14.4 Å². The van der Waals surface area contributed by atoms with Crippen LogP contribution in [0.25, 0.3) is 0 Å². The Bertz CT molecular complexity index is 686. The Hall–Kier alpha value is -2.41. The summed E-state index contributed by atoms with van der Waals surface area (Å²) in [4.78, 5) is 39.6. The Labute approximate surface area is 160 Å². The van der Waals surface area contributed by atoms with Gasteiger partial charge in [0.1, 0.15) is 6.04 Å². The first-order chi connectivity index (χ1) is 12.6. The highest BCUT2D eigenvalue weighted by Crippen LogP contribution is 2.22. The van der Waals surface area contributed by atoms with Crippen molar-refractivity contribution in [2.75, 3.05) is 32.7 Å². The monoisotopic (exact) mass is 374 g/mol. The molecule has 0 saturated carbocycles. The number of nitrogens with zero attached hydrogens (tertiary/aromatic N) is 2. The highest BCUT2D eigenvalue weighted by Gasteiger charge is 2.26. The first-order valence-electron chi connectivity index (χ1n) is 9.29. The molecule has 1 aromatic rings. The summed E-state index contributed by atoms with van der Waals surface area (Å²) in [6.07, 6.45) is 0. The first-order valence-corrected chi connectivity index (χ1v) is 9.29. The Morgan fingerprint density at radius 3 is 2.11 bits per heavy atom. The van der Waals surface area contributed by atoms with Crippen LogP contribution in [0.4, 0.5) is 0 Å². The zero-order valence-corrected chi connectivity index (χ0v) is 16.6. The van der Waals surface area contributed by atoms with Crippen LogP contribution in [0.3, 0.4) is 0 Å². The SMILES string of the molecule is CC(NC(=O)c1ccc(C(C)(C)C)cc1)C(=O)N1CCN(CC(N)=O)CC1. The third kappa shape index (κ3) is 5.79. The molecule has 0 bridgehead atoms. The number of primary amides is 1. The molecule has 1 saturated heterocycles. The predicted octanol–water partition coefficient (Wildman–Crippen LogP) is 0.732. The van der Waals surface area contributed by atoms with Crippen LogP contribution >= 0.6 is 0 Å². The molecule has 148 valence electrons. The number of amides is 3. The van der Waals surface area contributed by atoms with Gasteiger partial charge in [-0.2, -0.15) is 0 Å². The number of hydrogen-bond donors (Lipinski definition) is 2. The molecule has 3 N–H and O–H groups in total. The lowest BCUT2D eigenvalue weighted by atomic mass is 9.86. The lowest BCUT2D eigenvalue weighted by Gasteiger charge is -2.35. The summed E-state index contributed by atoms with van der Waals surface area (Å²) in [6, 6.07) is 6.85. The highest BCUT2D eigenvalue weighted by atomic mass is 16.2. The predicted molar refractivity (Wildman–Crippen MR) is 104 cm³/mol. The summed E-state index contributed by atoms with van der Waals surface area (Å²) >= 11 is 0. The molecule has 0 spiro atoms. The van der Waals surface area contributed by atoms with Gasteiger partial charge in [-0.15, -0.1) is 0 Å². The minimum atomic E-state index is -0.609. The van der Waals surface area contributed by atoms with Gasteiger partial charge < -0.3 is 16.0 Å². The standard InChI is InChI=1S/C20H30N4O3/c1-14(19(27)24-11-9-23(10-12-24)13-17(21)25)22-18(26)15-5-7-16(8-6-15)20(2,3)4/h5-8,14H,9-13H2,1-4H3,(H2,21,25)(H,22,26). The van der Waals surface area contributed by atoms with Crippen LogP contribution in [-0.4, -0.2) is 66.3 Å². The van der Waals surface area contributed by atoms with Gasteiger partial charge in [-0.1, -0.05) is 32.9 Å². The van der Waals surface area contributed by atoms with E-state index in [0.29, 0.717) is 31.7 Å². The van der Waals surface area contributed by atoms with Crippen molar-refractivity contribution in [3.05, 3.63) is 35.4 Å². The van der Waals surface area contributed by atoms with Gasteiger partial charge in [0.2, 0.25) is 11.8 Å². The fourth-order valence-electron chi connectivity index (χ4n) is 3.08. The van der Waals surface area contributed by atoms with Gasteiger partial charge in [0.25, 0.3) is 5.91 Å². The summed E-state index contributed by atoms with van der Waals surface area (Å²) in [5.74, 6) is -0.745. The maximum Gasteiger partial charge on any atom is 0.251 e. The van der Waals surface area contributed by atoms with Crippen molar-refractivity contribution in [3.63, 3.8) is 0 Å². The van der Waals surface area contributed by atoms with E-state index in [0.717, 1.165) is 5.56 Å². The van der Waals surface area contributed by atoms with Crippen LogP contribution in [0, 0.1) is 0 Å². The minimum absolute atomic E-state index is 0.0227. The molecule has 1 fully saturated rings. The molecular weight excluding hydrogens is 344 g/mol. The minimum Gasteiger partial charge on any atom is -0.369 e. The van der Waals surface area contributed by atoms with Crippen LogP contribution in [0.1, 0.15) is 43.6 Å². The maximum absolute atomic E-state index is 12.6. The number of nitrogens with one attached hydrogen (secondary N) is 1. The Morgan fingerprint density at radius 1 is 1.07 bits per heavy atom. The summed E-state index contributed by atoms with van der Waals surface area (Å²) in [6.45, 7) is 10.5. The molecule has 0 radical (unpaired) electrons. The van der Waals surface area contributed by atoms with E-state index in [1.807, 2.05) is 17.0 Å². The van der Waals surface area contributed by atoms with Crippen molar-refractivity contribution >= 4 is 17.7 Å². The molecule has 3 amide bonds. The molecule has 7 heteroatoms. The van der Waals surface area contributed by atoms with Gasteiger partial charge >= 0.3 is 0 Å². The fraction of sp³-hybridized carbons (Fsp3) is 0.550. The second-order valence-corrected chi connectivity index (χ2v) is 8.09. The quantitative estimate of drug-likeness (QED) is 0.794. The van der Waals surface area contributed by atoms with Crippen molar-refractivity contribution in [3.8, 4) is 0 Å². The van der Waals surface area contributed by atoms with E-state index in [1.165, 1.54) is 0 Å².